The summed E-state index contributed by atoms with van der Waals surface area (Å²) in [7, 11) is 1.89. The number of halogens is 1. The molecule has 4 heterocycles. The lowest BCUT2D eigenvalue weighted by Gasteiger charge is -2.06. The molecule has 10 heteroatoms. The molecule has 0 bridgehead atoms. The molecule has 4 aromatic rings. The minimum Gasteiger partial charge on any atom is -0.351 e. The largest absolute Gasteiger partial charge is 0.351 e. The monoisotopic (exact) mass is 426 g/mol. The molecule has 0 spiro atoms. The summed E-state index contributed by atoms with van der Waals surface area (Å²) in [6.07, 6.45) is 4.23. The van der Waals surface area contributed by atoms with Gasteiger partial charge in [0, 0.05) is 43.7 Å². The fraction of sp³-hybridized carbons (Fsp3) is 0.350. The molecule has 1 amide bonds. The van der Waals surface area contributed by atoms with Crippen LogP contribution in [0.1, 0.15) is 34.0 Å². The van der Waals surface area contributed by atoms with E-state index in [2.05, 4.69) is 25.6 Å². The van der Waals surface area contributed by atoms with Crippen LogP contribution in [0.25, 0.3) is 16.9 Å². The molecule has 0 saturated carbocycles. The Morgan fingerprint density at radius 2 is 2.00 bits per heavy atom. The van der Waals surface area contributed by atoms with E-state index in [1.165, 1.54) is 0 Å². The van der Waals surface area contributed by atoms with Crippen LogP contribution in [0, 0.1) is 20.8 Å². The zero-order valence-corrected chi connectivity index (χ0v) is 18.1. The summed E-state index contributed by atoms with van der Waals surface area (Å²) in [4.78, 5) is 16.9. The molecule has 0 aliphatic heterocycles. The Balaban J connectivity index is 1.45. The predicted octanol–water partition coefficient (Wildman–Crippen LogP) is 2.73. The number of aryl methyl sites for hydroxylation is 3. The van der Waals surface area contributed by atoms with Crippen molar-refractivity contribution in [1.82, 2.24) is 39.5 Å². The molecule has 0 saturated heterocycles. The number of hydrogen-bond donors (Lipinski definition) is 1. The number of rotatable bonds is 6. The minimum atomic E-state index is -0.235. The number of aromatic nitrogens is 7. The molecule has 0 fully saturated rings. The quantitative estimate of drug-likeness (QED) is 0.478. The van der Waals surface area contributed by atoms with Gasteiger partial charge >= 0.3 is 0 Å². The number of carbonyl (C=O) groups excluding carboxylic acids is 1. The van der Waals surface area contributed by atoms with Crippen molar-refractivity contribution < 1.29 is 4.79 Å². The Morgan fingerprint density at radius 3 is 2.67 bits per heavy atom. The van der Waals surface area contributed by atoms with E-state index in [-0.39, 0.29) is 5.91 Å². The highest BCUT2D eigenvalue weighted by atomic mass is 35.5. The third-order valence-corrected chi connectivity index (χ3v) is 5.77. The van der Waals surface area contributed by atoms with Gasteiger partial charge in [-0.25, -0.2) is 9.50 Å². The number of carbonyl (C=O) groups is 1. The molecule has 9 nitrogen and oxygen atoms in total. The average molecular weight is 427 g/mol. The van der Waals surface area contributed by atoms with Gasteiger partial charge in [-0.2, -0.15) is 15.3 Å². The zero-order valence-electron chi connectivity index (χ0n) is 17.3. The van der Waals surface area contributed by atoms with Crippen molar-refractivity contribution >= 4 is 23.2 Å². The number of fused-ring (bicyclic) bond motifs is 1. The summed E-state index contributed by atoms with van der Waals surface area (Å²) < 4.78 is 5.34. The van der Waals surface area contributed by atoms with Crippen LogP contribution in [-0.2, 0) is 13.6 Å². The molecule has 0 aromatic carbocycles. The maximum atomic E-state index is 12.6. The first-order chi connectivity index (χ1) is 14.4. The maximum Gasteiger partial charge on any atom is 0.271 e. The van der Waals surface area contributed by atoms with E-state index >= 15 is 0 Å². The lowest BCUT2D eigenvalue weighted by atomic mass is 10.2. The number of amides is 1. The zero-order chi connectivity index (χ0) is 21.4. The van der Waals surface area contributed by atoms with Crippen LogP contribution < -0.4 is 5.32 Å². The highest BCUT2D eigenvalue weighted by molar-refractivity contribution is 6.31. The predicted molar refractivity (Wildman–Crippen MR) is 114 cm³/mol. The molecule has 30 heavy (non-hydrogen) atoms. The van der Waals surface area contributed by atoms with Crippen molar-refractivity contribution in [1.29, 1.82) is 0 Å². The molecular formula is C20H23ClN8O. The van der Waals surface area contributed by atoms with Gasteiger partial charge < -0.3 is 5.32 Å². The first-order valence-corrected chi connectivity index (χ1v) is 10.1. The van der Waals surface area contributed by atoms with E-state index in [0.29, 0.717) is 29.5 Å². The summed E-state index contributed by atoms with van der Waals surface area (Å²) >= 11 is 6.17. The standard InChI is InChI=1S/C20H23ClN8O/c1-12-19(21)14(3)28(25-12)9-5-7-23-20(30)16-10-18-22-8-6-17(29(18)26-16)15-11-24-27(4)13(15)2/h6,8,10-11H,5,7,9H2,1-4H3,(H,23,30). The number of nitrogens with one attached hydrogen (secondary N) is 1. The molecular weight excluding hydrogens is 404 g/mol. The van der Waals surface area contributed by atoms with Crippen LogP contribution in [0.3, 0.4) is 0 Å². The van der Waals surface area contributed by atoms with Gasteiger partial charge in [0.2, 0.25) is 0 Å². The number of nitrogens with zero attached hydrogens (tertiary/aromatic N) is 7. The summed E-state index contributed by atoms with van der Waals surface area (Å²) in [5.41, 5.74) is 5.48. The molecule has 0 radical (unpaired) electrons. The van der Waals surface area contributed by atoms with E-state index in [4.69, 9.17) is 11.6 Å². The smallest absolute Gasteiger partial charge is 0.271 e. The lowest BCUT2D eigenvalue weighted by molar-refractivity contribution is 0.0947. The Labute approximate surface area is 178 Å². The summed E-state index contributed by atoms with van der Waals surface area (Å²) in [6.45, 7) is 6.99. The van der Waals surface area contributed by atoms with Crippen molar-refractivity contribution in [3.63, 3.8) is 0 Å². The molecule has 0 atom stereocenters. The van der Waals surface area contributed by atoms with Crippen molar-refractivity contribution in [3.05, 3.63) is 52.3 Å². The Morgan fingerprint density at radius 1 is 1.20 bits per heavy atom. The van der Waals surface area contributed by atoms with E-state index in [0.717, 1.165) is 34.8 Å². The van der Waals surface area contributed by atoms with Gasteiger partial charge in [0.25, 0.3) is 5.91 Å². The van der Waals surface area contributed by atoms with E-state index in [9.17, 15) is 4.79 Å². The van der Waals surface area contributed by atoms with Crippen LogP contribution in [0.5, 0.6) is 0 Å². The fourth-order valence-corrected chi connectivity index (χ4v) is 3.51. The van der Waals surface area contributed by atoms with Gasteiger partial charge in [0.1, 0.15) is 0 Å². The molecule has 4 rings (SSSR count). The van der Waals surface area contributed by atoms with Gasteiger partial charge in [-0.1, -0.05) is 11.6 Å². The first-order valence-electron chi connectivity index (χ1n) is 9.68. The second-order valence-corrected chi connectivity index (χ2v) is 7.59. The fourth-order valence-electron chi connectivity index (χ4n) is 3.37. The van der Waals surface area contributed by atoms with Crippen LogP contribution in [0.4, 0.5) is 0 Å². The van der Waals surface area contributed by atoms with Crippen molar-refractivity contribution in [2.24, 2.45) is 7.05 Å². The topological polar surface area (TPSA) is 94.9 Å². The van der Waals surface area contributed by atoms with Gasteiger partial charge in [0.15, 0.2) is 11.3 Å². The molecule has 156 valence electrons. The third-order valence-electron chi connectivity index (χ3n) is 5.23. The van der Waals surface area contributed by atoms with Crippen molar-refractivity contribution in [2.75, 3.05) is 6.54 Å². The Kier molecular flexibility index (Phi) is 5.29. The highest BCUT2D eigenvalue weighted by Gasteiger charge is 2.16. The van der Waals surface area contributed by atoms with Gasteiger partial charge in [-0.05, 0) is 33.3 Å². The van der Waals surface area contributed by atoms with Crippen LogP contribution >= 0.6 is 11.6 Å². The molecule has 0 aliphatic rings. The minimum absolute atomic E-state index is 0.235. The third kappa shape index (κ3) is 3.56. The van der Waals surface area contributed by atoms with Crippen molar-refractivity contribution in [3.8, 4) is 11.3 Å². The van der Waals surface area contributed by atoms with Gasteiger partial charge in [-0.15, -0.1) is 0 Å². The van der Waals surface area contributed by atoms with Crippen molar-refractivity contribution in [2.45, 2.75) is 33.7 Å². The SMILES string of the molecule is Cc1nn(CCCNC(=O)c2cc3nccc(-c4cnn(C)c4C)n3n2)c(C)c1Cl. The van der Waals surface area contributed by atoms with Crippen LogP contribution in [0.2, 0.25) is 5.02 Å². The average Bonchev–Trinajstić information content (AvgIpc) is 3.38. The highest BCUT2D eigenvalue weighted by Crippen LogP contribution is 2.23. The Hall–Kier alpha value is -3.20. The van der Waals surface area contributed by atoms with Crippen LogP contribution in [0.15, 0.2) is 24.5 Å². The van der Waals surface area contributed by atoms with E-state index in [1.54, 1.807) is 27.7 Å². The Bertz CT molecular complexity index is 1240. The second-order valence-electron chi connectivity index (χ2n) is 7.21. The van der Waals surface area contributed by atoms with Gasteiger partial charge in [-0.3, -0.25) is 14.2 Å². The summed E-state index contributed by atoms with van der Waals surface area (Å²) in [5.74, 6) is -0.235. The molecule has 0 unspecified atom stereocenters. The normalized spacial score (nSPS) is 11.4. The summed E-state index contributed by atoms with van der Waals surface area (Å²) in [6, 6.07) is 3.55. The number of hydrogen-bond acceptors (Lipinski definition) is 5. The molecule has 0 aliphatic carbocycles. The second kappa shape index (κ2) is 7.91. The first kappa shape index (κ1) is 20.1. The molecule has 4 aromatic heterocycles. The van der Waals surface area contributed by atoms with Gasteiger partial charge in [0.05, 0.1) is 28.3 Å². The van der Waals surface area contributed by atoms with E-state index < -0.39 is 0 Å². The summed E-state index contributed by atoms with van der Waals surface area (Å²) in [5, 5.41) is 16.8. The lowest BCUT2D eigenvalue weighted by Crippen LogP contribution is -2.26. The van der Waals surface area contributed by atoms with E-state index in [1.807, 2.05) is 38.6 Å². The molecule has 1 N–H and O–H groups in total. The maximum absolute atomic E-state index is 12.6. The van der Waals surface area contributed by atoms with Crippen LogP contribution in [-0.4, -0.2) is 46.6 Å².